The van der Waals surface area contributed by atoms with Gasteiger partial charge >= 0.3 is 0 Å². The first kappa shape index (κ1) is 12.9. The highest BCUT2D eigenvalue weighted by molar-refractivity contribution is 5.62. The topological polar surface area (TPSA) is 125 Å². The highest BCUT2D eigenvalue weighted by Gasteiger charge is 2.15. The fraction of sp³-hybridized carbons (Fsp3) is 0.167. The van der Waals surface area contributed by atoms with E-state index in [9.17, 15) is 0 Å². The van der Waals surface area contributed by atoms with Crippen molar-refractivity contribution in [3.63, 3.8) is 0 Å². The van der Waals surface area contributed by atoms with E-state index in [0.29, 0.717) is 28.7 Å². The van der Waals surface area contributed by atoms with Crippen LogP contribution in [0.5, 0.6) is 11.5 Å². The largest absolute Gasteiger partial charge is 0.497 e. The lowest BCUT2D eigenvalue weighted by atomic mass is 10.2. The number of aromatic nitrogens is 5. The summed E-state index contributed by atoms with van der Waals surface area (Å²) in [6, 6.07) is 5.29. The highest BCUT2D eigenvalue weighted by atomic mass is 16.5. The zero-order valence-electron chi connectivity index (χ0n) is 11.3. The smallest absolute Gasteiger partial charge is 0.295 e. The van der Waals surface area contributed by atoms with Gasteiger partial charge in [-0.2, -0.15) is 9.97 Å². The van der Waals surface area contributed by atoms with Crippen LogP contribution >= 0.6 is 0 Å². The van der Waals surface area contributed by atoms with Crippen molar-refractivity contribution in [2.75, 3.05) is 20.0 Å². The number of nitrogens with zero attached hydrogens (tertiary/aromatic N) is 4. The van der Waals surface area contributed by atoms with Crippen LogP contribution in [0.2, 0.25) is 0 Å². The van der Waals surface area contributed by atoms with Gasteiger partial charge in [0.05, 0.1) is 14.2 Å². The van der Waals surface area contributed by atoms with Gasteiger partial charge in [-0.05, 0) is 12.1 Å². The summed E-state index contributed by atoms with van der Waals surface area (Å²) in [7, 11) is 3.13. The van der Waals surface area contributed by atoms with E-state index < -0.39 is 0 Å². The van der Waals surface area contributed by atoms with Crippen LogP contribution in [-0.4, -0.2) is 39.5 Å². The van der Waals surface area contributed by atoms with Gasteiger partial charge in [0.2, 0.25) is 17.6 Å². The monoisotopic (exact) mass is 288 g/mol. The molecule has 3 rings (SSSR count). The Morgan fingerprint density at radius 3 is 2.38 bits per heavy atom. The second kappa shape index (κ2) is 5.12. The van der Waals surface area contributed by atoms with Crippen LogP contribution in [0.25, 0.3) is 23.1 Å². The first-order valence-corrected chi connectivity index (χ1v) is 5.95. The Labute approximate surface area is 119 Å². The van der Waals surface area contributed by atoms with Gasteiger partial charge in [-0.1, -0.05) is 5.16 Å². The first-order chi connectivity index (χ1) is 10.2. The molecule has 0 aliphatic heterocycles. The quantitative estimate of drug-likeness (QED) is 0.731. The molecular weight excluding hydrogens is 276 g/mol. The molecule has 3 aromatic rings. The molecule has 0 spiro atoms. The maximum Gasteiger partial charge on any atom is 0.295 e. The summed E-state index contributed by atoms with van der Waals surface area (Å²) in [5, 5.41) is 10.2. The first-order valence-electron chi connectivity index (χ1n) is 5.95. The zero-order valence-corrected chi connectivity index (χ0v) is 11.3. The predicted molar refractivity (Wildman–Crippen MR) is 72.6 cm³/mol. The van der Waals surface area contributed by atoms with Crippen LogP contribution in [-0.2, 0) is 0 Å². The lowest BCUT2D eigenvalue weighted by Gasteiger charge is -2.05. The summed E-state index contributed by atoms with van der Waals surface area (Å²) < 4.78 is 15.5. The molecule has 0 aliphatic carbocycles. The molecule has 1 aromatic carbocycles. The molecule has 0 bridgehead atoms. The number of nitrogen functional groups attached to an aromatic ring is 1. The molecule has 0 unspecified atom stereocenters. The standard InChI is InChI=1S/C12H12N6O3/c1-19-7-3-6(4-8(5-7)20-2)9-14-11(21-18-9)10-15-12(13)17-16-10/h3-5H,1-2H3,(H3,13,15,16,17). The zero-order chi connectivity index (χ0) is 14.8. The van der Waals surface area contributed by atoms with Gasteiger partial charge in [0.1, 0.15) is 11.5 Å². The van der Waals surface area contributed by atoms with Crippen LogP contribution in [0, 0.1) is 0 Å². The normalized spacial score (nSPS) is 10.6. The Kier molecular flexibility index (Phi) is 3.14. The fourth-order valence-corrected chi connectivity index (χ4v) is 1.74. The third-order valence-corrected chi connectivity index (χ3v) is 2.74. The van der Waals surface area contributed by atoms with E-state index in [1.165, 1.54) is 0 Å². The fourth-order valence-electron chi connectivity index (χ4n) is 1.74. The molecular formula is C12H12N6O3. The third kappa shape index (κ3) is 2.48. The number of hydrogen-bond acceptors (Lipinski definition) is 8. The molecule has 0 saturated heterocycles. The van der Waals surface area contributed by atoms with Crippen molar-refractivity contribution >= 4 is 5.95 Å². The Morgan fingerprint density at radius 2 is 1.81 bits per heavy atom. The summed E-state index contributed by atoms with van der Waals surface area (Å²) in [6.07, 6.45) is 0. The molecule has 2 aromatic heterocycles. The Hall–Kier alpha value is -3.10. The number of rotatable bonds is 4. The average Bonchev–Trinajstić information content (AvgIpc) is 3.15. The summed E-state index contributed by atoms with van der Waals surface area (Å²) >= 11 is 0. The summed E-state index contributed by atoms with van der Waals surface area (Å²) in [5.41, 5.74) is 6.12. The minimum Gasteiger partial charge on any atom is -0.497 e. The van der Waals surface area contributed by atoms with Crippen molar-refractivity contribution in [1.82, 2.24) is 25.3 Å². The third-order valence-electron chi connectivity index (χ3n) is 2.74. The molecule has 9 heteroatoms. The second-order valence-corrected chi connectivity index (χ2v) is 4.07. The molecule has 0 fully saturated rings. The van der Waals surface area contributed by atoms with Crippen molar-refractivity contribution in [1.29, 1.82) is 0 Å². The van der Waals surface area contributed by atoms with Crippen LogP contribution in [0.1, 0.15) is 0 Å². The van der Waals surface area contributed by atoms with Crippen molar-refractivity contribution in [2.24, 2.45) is 0 Å². The lowest BCUT2D eigenvalue weighted by Crippen LogP contribution is -1.90. The number of aromatic amines is 1. The summed E-state index contributed by atoms with van der Waals surface area (Å²) in [6.45, 7) is 0. The lowest BCUT2D eigenvalue weighted by molar-refractivity contribution is 0.394. The molecule has 9 nitrogen and oxygen atoms in total. The Bertz CT molecular complexity index is 744. The number of ether oxygens (including phenoxy) is 2. The van der Waals surface area contributed by atoms with Crippen molar-refractivity contribution in [2.45, 2.75) is 0 Å². The number of benzene rings is 1. The average molecular weight is 288 g/mol. The van der Waals surface area contributed by atoms with Gasteiger partial charge in [-0.15, -0.1) is 5.10 Å². The van der Waals surface area contributed by atoms with Crippen LogP contribution in [0.4, 0.5) is 5.95 Å². The van der Waals surface area contributed by atoms with Crippen molar-refractivity contribution in [3.05, 3.63) is 18.2 Å². The minimum absolute atomic E-state index is 0.104. The molecule has 0 amide bonds. The summed E-state index contributed by atoms with van der Waals surface area (Å²) in [4.78, 5) is 8.16. The van der Waals surface area contributed by atoms with Gasteiger partial charge in [-0.25, -0.2) is 0 Å². The number of nitrogens with one attached hydrogen (secondary N) is 1. The molecule has 0 radical (unpaired) electrons. The van der Waals surface area contributed by atoms with E-state index in [2.05, 4.69) is 25.3 Å². The Morgan fingerprint density at radius 1 is 1.10 bits per heavy atom. The summed E-state index contributed by atoms with van der Waals surface area (Å²) in [5.74, 6) is 2.22. The number of nitrogens with two attached hydrogens (primary N) is 1. The maximum atomic E-state index is 5.43. The van der Waals surface area contributed by atoms with E-state index in [1.54, 1.807) is 32.4 Å². The molecule has 2 heterocycles. The van der Waals surface area contributed by atoms with Gasteiger partial charge in [0.25, 0.3) is 5.89 Å². The van der Waals surface area contributed by atoms with Crippen LogP contribution < -0.4 is 15.2 Å². The van der Waals surface area contributed by atoms with Gasteiger partial charge in [0, 0.05) is 11.6 Å². The van der Waals surface area contributed by atoms with Crippen molar-refractivity contribution < 1.29 is 14.0 Å². The minimum atomic E-state index is 0.104. The van der Waals surface area contributed by atoms with Crippen LogP contribution in [0.3, 0.4) is 0 Å². The number of anilines is 1. The molecule has 108 valence electrons. The van der Waals surface area contributed by atoms with Gasteiger partial charge < -0.3 is 19.7 Å². The number of methoxy groups -OCH3 is 2. The van der Waals surface area contributed by atoms with Crippen molar-refractivity contribution in [3.8, 4) is 34.6 Å². The molecule has 0 aliphatic rings. The highest BCUT2D eigenvalue weighted by Crippen LogP contribution is 2.29. The van der Waals surface area contributed by atoms with E-state index in [4.69, 9.17) is 19.7 Å². The van der Waals surface area contributed by atoms with Gasteiger partial charge in [-0.3, -0.25) is 5.10 Å². The Balaban J connectivity index is 1.99. The molecule has 3 N–H and O–H groups in total. The molecule has 0 saturated carbocycles. The SMILES string of the molecule is COc1cc(OC)cc(-c2noc(-c3nc(N)n[nH]3)n2)c1. The van der Waals surface area contributed by atoms with E-state index in [1.807, 2.05) is 0 Å². The van der Waals surface area contributed by atoms with Crippen LogP contribution in [0.15, 0.2) is 22.7 Å². The van der Waals surface area contributed by atoms with E-state index >= 15 is 0 Å². The van der Waals surface area contributed by atoms with E-state index in [0.717, 1.165) is 0 Å². The van der Waals surface area contributed by atoms with Gasteiger partial charge in [0.15, 0.2) is 0 Å². The van der Waals surface area contributed by atoms with E-state index in [-0.39, 0.29) is 11.8 Å². The predicted octanol–water partition coefficient (Wildman–Crippen LogP) is 1.12. The maximum absolute atomic E-state index is 5.43. The number of H-pyrrole nitrogens is 1. The molecule has 21 heavy (non-hydrogen) atoms. The second-order valence-electron chi connectivity index (χ2n) is 4.07. The molecule has 0 atom stereocenters. The number of hydrogen-bond donors (Lipinski definition) is 2.